The van der Waals surface area contributed by atoms with Crippen molar-refractivity contribution in [3.8, 4) is 0 Å². The van der Waals surface area contributed by atoms with E-state index in [1.165, 1.54) is 31.9 Å². The van der Waals surface area contributed by atoms with E-state index in [0.717, 1.165) is 0 Å². The van der Waals surface area contributed by atoms with Gasteiger partial charge in [0.15, 0.2) is 0 Å². The predicted octanol–water partition coefficient (Wildman–Crippen LogP) is 2.36. The lowest BCUT2D eigenvalue weighted by Gasteiger charge is -2.26. The first-order chi connectivity index (χ1) is 7.99. The van der Waals surface area contributed by atoms with Crippen LogP contribution in [0, 0.1) is 0 Å². The second-order valence-corrected chi connectivity index (χ2v) is 4.93. The van der Waals surface area contributed by atoms with E-state index in [4.69, 9.17) is 11.6 Å². The summed E-state index contributed by atoms with van der Waals surface area (Å²) in [5, 5.41) is 9.31. The molecule has 0 amide bonds. The third-order valence-electron chi connectivity index (χ3n) is 1.95. The van der Waals surface area contributed by atoms with Gasteiger partial charge in [0, 0.05) is 19.7 Å². The van der Waals surface area contributed by atoms with E-state index in [-0.39, 0.29) is 17.5 Å². The minimum absolute atomic E-state index is 0.00412. The highest BCUT2D eigenvalue weighted by molar-refractivity contribution is 6.29. The third-order valence-corrected chi connectivity index (χ3v) is 2.14. The van der Waals surface area contributed by atoms with Crippen molar-refractivity contribution in [3.63, 3.8) is 0 Å². The van der Waals surface area contributed by atoms with Crippen LogP contribution in [0.15, 0.2) is 6.07 Å². The monoisotopic (exact) mass is 283 g/mol. The average Bonchev–Trinajstić information content (AvgIpc) is 2.12. The zero-order chi connectivity index (χ0) is 14.1. The molecule has 0 aliphatic rings. The molecule has 0 radical (unpaired) electrons. The van der Waals surface area contributed by atoms with Gasteiger partial charge in [-0.05, 0) is 13.8 Å². The summed E-state index contributed by atoms with van der Waals surface area (Å²) < 4.78 is 37.5. The molecule has 0 saturated heterocycles. The van der Waals surface area contributed by atoms with Gasteiger partial charge in [0.1, 0.15) is 11.0 Å². The van der Waals surface area contributed by atoms with Gasteiger partial charge in [-0.3, -0.25) is 0 Å². The molecule has 1 rings (SSSR count). The van der Waals surface area contributed by atoms with Crippen LogP contribution in [0.2, 0.25) is 5.15 Å². The Morgan fingerprint density at radius 2 is 1.89 bits per heavy atom. The van der Waals surface area contributed by atoms with Crippen molar-refractivity contribution in [1.29, 1.82) is 0 Å². The molecule has 0 aliphatic carbocycles. The summed E-state index contributed by atoms with van der Waals surface area (Å²) in [6.07, 6.45) is -4.66. The van der Waals surface area contributed by atoms with Crippen LogP contribution in [0.1, 0.15) is 19.7 Å². The van der Waals surface area contributed by atoms with E-state index in [9.17, 15) is 18.3 Å². The third kappa shape index (κ3) is 4.30. The van der Waals surface area contributed by atoms with Crippen LogP contribution < -0.4 is 4.90 Å². The zero-order valence-electron chi connectivity index (χ0n) is 10.1. The van der Waals surface area contributed by atoms with Crippen molar-refractivity contribution < 1.29 is 18.3 Å². The second-order valence-electron chi connectivity index (χ2n) is 4.54. The van der Waals surface area contributed by atoms with E-state index >= 15 is 0 Å². The Morgan fingerprint density at radius 3 is 2.33 bits per heavy atom. The Morgan fingerprint density at radius 1 is 1.33 bits per heavy atom. The summed E-state index contributed by atoms with van der Waals surface area (Å²) in [7, 11) is 1.51. The van der Waals surface area contributed by atoms with Gasteiger partial charge < -0.3 is 10.0 Å². The minimum atomic E-state index is -4.66. The van der Waals surface area contributed by atoms with Crippen molar-refractivity contribution in [2.75, 3.05) is 18.5 Å². The maximum absolute atomic E-state index is 12.5. The Bertz CT molecular complexity index is 431. The lowest BCUT2D eigenvalue weighted by Crippen LogP contribution is -2.37. The van der Waals surface area contributed by atoms with E-state index in [2.05, 4.69) is 9.97 Å². The largest absolute Gasteiger partial charge is 0.451 e. The molecule has 8 heteroatoms. The fraction of sp³-hybridized carbons (Fsp3) is 0.600. The molecule has 1 aromatic rings. The first-order valence-corrected chi connectivity index (χ1v) is 5.42. The Kier molecular flexibility index (Phi) is 4.07. The zero-order valence-corrected chi connectivity index (χ0v) is 10.8. The molecule has 1 N–H and O–H groups in total. The summed E-state index contributed by atoms with van der Waals surface area (Å²) in [6.45, 7) is 3.19. The highest BCUT2D eigenvalue weighted by atomic mass is 35.5. The van der Waals surface area contributed by atoms with Crippen LogP contribution in [0.4, 0.5) is 19.0 Å². The van der Waals surface area contributed by atoms with Gasteiger partial charge in [0.2, 0.25) is 5.82 Å². The minimum Gasteiger partial charge on any atom is -0.389 e. The van der Waals surface area contributed by atoms with Crippen LogP contribution in [0.25, 0.3) is 0 Å². The standard InChI is InChI=1S/C10H13ClF3N3O/c1-9(2,18)5-17(3)7-4-6(11)15-8(16-7)10(12,13)14/h4,18H,5H2,1-3H3. The van der Waals surface area contributed by atoms with Gasteiger partial charge in [-0.1, -0.05) is 11.6 Å². The Balaban J connectivity index is 3.07. The van der Waals surface area contributed by atoms with Crippen LogP contribution in [-0.2, 0) is 6.18 Å². The summed E-state index contributed by atoms with van der Waals surface area (Å²) in [6, 6.07) is 1.21. The smallest absolute Gasteiger partial charge is 0.389 e. The number of nitrogens with zero attached hydrogens (tertiary/aromatic N) is 3. The molecule has 1 heterocycles. The number of hydrogen-bond acceptors (Lipinski definition) is 4. The van der Waals surface area contributed by atoms with Crippen molar-refractivity contribution in [2.24, 2.45) is 0 Å². The number of likely N-dealkylation sites (N-methyl/N-ethyl adjacent to an activating group) is 1. The van der Waals surface area contributed by atoms with Gasteiger partial charge in [-0.2, -0.15) is 13.2 Å². The molecule has 0 fully saturated rings. The summed E-state index contributed by atoms with van der Waals surface area (Å²) in [5.74, 6) is -1.29. The number of anilines is 1. The van der Waals surface area contributed by atoms with E-state index in [1.807, 2.05) is 0 Å². The fourth-order valence-corrected chi connectivity index (χ4v) is 1.57. The molecule has 0 aliphatic heterocycles. The molecule has 18 heavy (non-hydrogen) atoms. The van der Waals surface area contributed by atoms with Gasteiger partial charge >= 0.3 is 6.18 Å². The molecule has 102 valence electrons. The highest BCUT2D eigenvalue weighted by Gasteiger charge is 2.35. The topological polar surface area (TPSA) is 49.2 Å². The molecule has 1 aromatic heterocycles. The van der Waals surface area contributed by atoms with Crippen molar-refractivity contribution in [3.05, 3.63) is 17.0 Å². The van der Waals surface area contributed by atoms with Crippen molar-refractivity contribution >= 4 is 17.4 Å². The van der Waals surface area contributed by atoms with Gasteiger partial charge in [-0.15, -0.1) is 0 Å². The lowest BCUT2D eigenvalue weighted by molar-refractivity contribution is -0.144. The van der Waals surface area contributed by atoms with E-state index in [1.54, 1.807) is 0 Å². The van der Waals surface area contributed by atoms with Gasteiger partial charge in [0.05, 0.1) is 5.60 Å². The second kappa shape index (κ2) is 4.89. The number of alkyl halides is 3. The molecule has 0 unspecified atom stereocenters. The van der Waals surface area contributed by atoms with Crippen LogP contribution in [0.5, 0.6) is 0 Å². The SMILES string of the molecule is CN(CC(C)(C)O)c1cc(Cl)nc(C(F)(F)F)n1. The van der Waals surface area contributed by atoms with Crippen LogP contribution in [0.3, 0.4) is 0 Å². The maximum atomic E-state index is 12.5. The van der Waals surface area contributed by atoms with Gasteiger partial charge in [-0.25, -0.2) is 9.97 Å². The van der Waals surface area contributed by atoms with Crippen LogP contribution >= 0.6 is 11.6 Å². The molecule has 0 atom stereocenters. The predicted molar refractivity (Wildman–Crippen MR) is 61.6 cm³/mol. The van der Waals surface area contributed by atoms with Crippen molar-refractivity contribution in [1.82, 2.24) is 9.97 Å². The Hall–Kier alpha value is -1.08. The highest BCUT2D eigenvalue weighted by Crippen LogP contribution is 2.29. The number of aromatic nitrogens is 2. The summed E-state index contributed by atoms with van der Waals surface area (Å²) in [4.78, 5) is 7.89. The number of aliphatic hydroxyl groups is 1. The molecule has 4 nitrogen and oxygen atoms in total. The quantitative estimate of drug-likeness (QED) is 0.865. The lowest BCUT2D eigenvalue weighted by atomic mass is 10.1. The number of halogens is 4. The first-order valence-electron chi connectivity index (χ1n) is 5.04. The van der Waals surface area contributed by atoms with E-state index in [0.29, 0.717) is 0 Å². The average molecular weight is 284 g/mol. The molecule has 0 saturated carbocycles. The number of rotatable bonds is 3. The Labute approximate surface area is 107 Å². The maximum Gasteiger partial charge on any atom is 0.451 e. The van der Waals surface area contributed by atoms with Gasteiger partial charge in [0.25, 0.3) is 0 Å². The molecule has 0 aromatic carbocycles. The summed E-state index contributed by atoms with van der Waals surface area (Å²) >= 11 is 5.53. The van der Waals surface area contributed by atoms with Crippen molar-refractivity contribution in [2.45, 2.75) is 25.6 Å². The first kappa shape index (κ1) is 15.0. The molecule has 0 spiro atoms. The number of hydrogen-bond donors (Lipinski definition) is 1. The molecule has 0 bridgehead atoms. The normalized spacial score (nSPS) is 12.7. The molecular weight excluding hydrogens is 271 g/mol. The fourth-order valence-electron chi connectivity index (χ4n) is 1.39. The van der Waals surface area contributed by atoms with Crippen LogP contribution in [-0.4, -0.2) is 34.3 Å². The molecular formula is C10H13ClF3N3O. The van der Waals surface area contributed by atoms with E-state index < -0.39 is 17.6 Å². The summed E-state index contributed by atoms with van der Waals surface area (Å²) in [5.41, 5.74) is -1.06.